The maximum absolute atomic E-state index is 13.9. The predicted molar refractivity (Wildman–Crippen MR) is 154 cm³/mol. The second kappa shape index (κ2) is 11.4. The van der Waals surface area contributed by atoms with Crippen LogP contribution in [0.15, 0.2) is 35.2 Å². The lowest BCUT2D eigenvalue weighted by Gasteiger charge is -2.62. The van der Waals surface area contributed by atoms with Crippen LogP contribution < -0.4 is 0 Å². The van der Waals surface area contributed by atoms with Crippen LogP contribution in [-0.4, -0.2) is 47.9 Å². The molecule has 0 aliphatic heterocycles. The van der Waals surface area contributed by atoms with Gasteiger partial charge in [0.05, 0.1) is 10.1 Å². The molecule has 0 aromatic heterocycles. The average Bonchev–Trinajstić information content (AvgIpc) is 3.30. The summed E-state index contributed by atoms with van der Waals surface area (Å²) in [5.41, 5.74) is -3.20. The molecule has 4 aliphatic rings. The third-order valence-electron chi connectivity index (χ3n) is 13.1. The van der Waals surface area contributed by atoms with Gasteiger partial charge in [-0.3, -0.25) is 0 Å². The highest BCUT2D eigenvalue weighted by molar-refractivity contribution is 7.92. The van der Waals surface area contributed by atoms with Gasteiger partial charge in [0.15, 0.2) is 15.4 Å². The van der Waals surface area contributed by atoms with E-state index >= 15 is 0 Å². The van der Waals surface area contributed by atoms with Crippen molar-refractivity contribution in [2.75, 3.05) is 0 Å². The van der Waals surface area contributed by atoms with Crippen molar-refractivity contribution in [2.24, 2.45) is 46.3 Å². The van der Waals surface area contributed by atoms with E-state index < -0.39 is 51.5 Å². The van der Waals surface area contributed by atoms with Crippen LogP contribution in [-0.2, 0) is 9.84 Å². The molecule has 11 heteroatoms. The first-order chi connectivity index (χ1) is 20.3. The third kappa shape index (κ3) is 5.62. The molecule has 0 saturated heterocycles. The molecule has 11 atom stereocenters. The number of halogens is 6. The van der Waals surface area contributed by atoms with Crippen molar-refractivity contribution in [3.8, 4) is 0 Å². The lowest BCUT2D eigenvalue weighted by atomic mass is 9.43. The molecule has 0 spiro atoms. The van der Waals surface area contributed by atoms with Crippen molar-refractivity contribution in [3.05, 3.63) is 30.3 Å². The fourth-order valence-corrected chi connectivity index (χ4v) is 12.7. The van der Waals surface area contributed by atoms with Crippen molar-refractivity contribution in [2.45, 2.75) is 126 Å². The quantitative estimate of drug-likeness (QED) is 0.292. The fourth-order valence-electron chi connectivity index (χ4n) is 10.6. The normalized spacial score (nSPS) is 39.9. The molecule has 1 aromatic rings. The molecular weight excluding hydrogens is 606 g/mol. The van der Waals surface area contributed by atoms with Gasteiger partial charge in [0.2, 0.25) is 0 Å². The second-order valence-corrected chi connectivity index (χ2v) is 17.2. The second-order valence-electron chi connectivity index (χ2n) is 15.0. The number of fused-ring (bicyclic) bond motifs is 5. The Morgan fingerprint density at radius 3 is 2.11 bits per heavy atom. The third-order valence-corrected chi connectivity index (χ3v) is 15.5. The van der Waals surface area contributed by atoms with Gasteiger partial charge in [0.25, 0.3) is 0 Å². The molecular formula is C33H46F6O4S. The lowest BCUT2D eigenvalue weighted by Crippen LogP contribution is -2.59. The standard InChI is InChI=1S/C33H46F6O4S/c1-20(27(13-14-28(40)32(34,35)36)44(42,43)22-7-5-4-6-8-22)24-11-12-25-23-10-9-21-19-31(41,33(37,38)39)18-17-29(21,2)26(23)15-16-30(24,25)3/h4-8,20-21,23-28,40-41H,9-19H2,1-3H3/t20-,21-,23-,24+,25-,26-,27?,28-,29-,30+,31-/m0/s1. The minimum absolute atomic E-state index is 0.0594. The van der Waals surface area contributed by atoms with Crippen LogP contribution in [0.5, 0.6) is 0 Å². The van der Waals surface area contributed by atoms with Gasteiger partial charge in [0.1, 0.15) is 6.10 Å². The maximum atomic E-state index is 13.9. The summed E-state index contributed by atoms with van der Waals surface area (Å²) >= 11 is 0. The molecule has 1 aromatic carbocycles. The van der Waals surface area contributed by atoms with Gasteiger partial charge in [-0.2, -0.15) is 26.3 Å². The summed E-state index contributed by atoms with van der Waals surface area (Å²) in [5, 5.41) is 19.2. The highest BCUT2D eigenvalue weighted by Crippen LogP contribution is 2.69. The smallest absolute Gasteiger partial charge is 0.384 e. The molecule has 0 radical (unpaired) electrons. The van der Waals surface area contributed by atoms with E-state index in [1.165, 1.54) is 12.1 Å². The van der Waals surface area contributed by atoms with E-state index in [0.29, 0.717) is 12.8 Å². The highest BCUT2D eigenvalue weighted by Gasteiger charge is 2.65. The number of sulfone groups is 1. The summed E-state index contributed by atoms with van der Waals surface area (Å²) in [5.74, 6) is 0.000949. The monoisotopic (exact) mass is 652 g/mol. The van der Waals surface area contributed by atoms with E-state index in [1.807, 2.05) is 6.92 Å². The van der Waals surface area contributed by atoms with Crippen LogP contribution in [0.2, 0.25) is 0 Å². The van der Waals surface area contributed by atoms with Gasteiger partial charge in [-0.05, 0) is 129 Å². The summed E-state index contributed by atoms with van der Waals surface area (Å²) in [7, 11) is -4.01. The van der Waals surface area contributed by atoms with Gasteiger partial charge in [-0.1, -0.05) is 39.0 Å². The molecule has 0 amide bonds. The van der Waals surface area contributed by atoms with E-state index in [2.05, 4.69) is 13.8 Å². The summed E-state index contributed by atoms with van der Waals surface area (Å²) in [6, 6.07) is 7.78. The zero-order valence-corrected chi connectivity index (χ0v) is 26.5. The number of rotatable bonds is 7. The van der Waals surface area contributed by atoms with Crippen LogP contribution in [0.4, 0.5) is 26.3 Å². The van der Waals surface area contributed by atoms with Crippen LogP contribution in [0.3, 0.4) is 0 Å². The van der Waals surface area contributed by atoms with E-state index in [1.54, 1.807) is 18.2 Å². The fraction of sp³-hybridized carbons (Fsp3) is 0.818. The largest absolute Gasteiger partial charge is 0.417 e. The molecule has 0 heterocycles. The first-order valence-electron chi connectivity index (χ1n) is 16.1. The predicted octanol–water partition coefficient (Wildman–Crippen LogP) is 8.12. The first kappa shape index (κ1) is 34.0. The Morgan fingerprint density at radius 1 is 0.864 bits per heavy atom. The molecule has 1 unspecified atom stereocenters. The van der Waals surface area contributed by atoms with E-state index in [4.69, 9.17) is 0 Å². The number of alkyl halides is 6. The van der Waals surface area contributed by atoms with Gasteiger partial charge < -0.3 is 10.2 Å². The maximum Gasteiger partial charge on any atom is 0.417 e. The first-order valence-corrected chi connectivity index (χ1v) is 17.6. The molecule has 4 saturated carbocycles. The Labute approximate surface area is 256 Å². The SMILES string of the molecule is C[C@H](C(CC[C@H](O)C(F)(F)F)S(=O)(=O)c1ccccc1)[C@H]1CC[C@H]2[C@@H]3CC[C@H]4C[C@](O)(C(F)(F)F)CC[C@]4(C)[C@H]3CC[C@]12C. The minimum atomic E-state index is -4.84. The molecule has 4 fully saturated rings. The molecule has 5 rings (SSSR count). The van der Waals surface area contributed by atoms with Crippen molar-refractivity contribution in [1.82, 2.24) is 0 Å². The minimum Gasteiger partial charge on any atom is -0.384 e. The van der Waals surface area contributed by atoms with Crippen LogP contribution >= 0.6 is 0 Å². The van der Waals surface area contributed by atoms with Crippen LogP contribution in [0, 0.1) is 46.3 Å². The number of aliphatic hydroxyl groups excluding tert-OH is 1. The van der Waals surface area contributed by atoms with Crippen LogP contribution in [0.25, 0.3) is 0 Å². The summed E-state index contributed by atoms with van der Waals surface area (Å²) in [6.45, 7) is 6.14. The van der Waals surface area contributed by atoms with Gasteiger partial charge in [-0.15, -0.1) is 0 Å². The van der Waals surface area contributed by atoms with Crippen molar-refractivity contribution < 1.29 is 45.0 Å². The Morgan fingerprint density at radius 2 is 1.50 bits per heavy atom. The summed E-state index contributed by atoms with van der Waals surface area (Å²) < 4.78 is 109. The molecule has 0 bridgehead atoms. The summed E-state index contributed by atoms with van der Waals surface area (Å²) in [6.07, 6.45) is -8.80. The Balaban J connectivity index is 1.39. The Hall–Kier alpha value is -1.33. The zero-order chi connectivity index (χ0) is 32.5. The number of hydrogen-bond acceptors (Lipinski definition) is 4. The highest BCUT2D eigenvalue weighted by atomic mass is 32.2. The number of benzene rings is 1. The summed E-state index contributed by atoms with van der Waals surface area (Å²) in [4.78, 5) is 0.0594. The molecule has 4 aliphatic carbocycles. The molecule has 250 valence electrons. The van der Waals surface area contributed by atoms with Crippen molar-refractivity contribution >= 4 is 9.84 Å². The van der Waals surface area contributed by atoms with Gasteiger partial charge >= 0.3 is 12.4 Å². The van der Waals surface area contributed by atoms with Crippen LogP contribution in [0.1, 0.15) is 91.4 Å². The molecule has 44 heavy (non-hydrogen) atoms. The van der Waals surface area contributed by atoms with E-state index in [9.17, 15) is 45.0 Å². The number of aliphatic hydroxyl groups is 2. The Kier molecular flexibility index (Phi) is 8.83. The van der Waals surface area contributed by atoms with E-state index in [0.717, 1.165) is 32.1 Å². The molecule has 2 N–H and O–H groups in total. The van der Waals surface area contributed by atoms with E-state index in [-0.39, 0.29) is 64.6 Å². The number of hydrogen-bond donors (Lipinski definition) is 2. The topological polar surface area (TPSA) is 74.6 Å². The Bertz CT molecular complexity index is 1290. The molecule has 4 nitrogen and oxygen atoms in total. The van der Waals surface area contributed by atoms with Gasteiger partial charge in [0, 0.05) is 0 Å². The average molecular weight is 653 g/mol. The van der Waals surface area contributed by atoms with Gasteiger partial charge in [-0.25, -0.2) is 8.42 Å². The zero-order valence-electron chi connectivity index (χ0n) is 25.7. The van der Waals surface area contributed by atoms with Crippen molar-refractivity contribution in [3.63, 3.8) is 0 Å². The van der Waals surface area contributed by atoms with Crippen molar-refractivity contribution in [1.29, 1.82) is 0 Å². The lowest BCUT2D eigenvalue weighted by molar-refractivity contribution is -0.290.